The van der Waals surface area contributed by atoms with Gasteiger partial charge in [0.05, 0.1) is 13.2 Å². The zero-order valence-corrected chi connectivity index (χ0v) is 23.4. The molecule has 2 atom stereocenters. The van der Waals surface area contributed by atoms with E-state index in [0.717, 1.165) is 64.7 Å². The number of aromatic nitrogens is 1. The zero-order chi connectivity index (χ0) is 27.6. The molecule has 8 rings (SSSR count). The van der Waals surface area contributed by atoms with E-state index >= 15 is 0 Å². The van der Waals surface area contributed by atoms with Gasteiger partial charge < -0.3 is 19.9 Å². The number of H-pyrrole nitrogens is 1. The molecule has 2 heterocycles. The fraction of sp³-hybridized carbons (Fsp3) is 0.469. The van der Waals surface area contributed by atoms with Crippen LogP contribution in [0.5, 0.6) is 0 Å². The number of ether oxygens (including phenoxy) is 1. The lowest BCUT2D eigenvalue weighted by Crippen LogP contribution is -2.59. The zero-order valence-electron chi connectivity index (χ0n) is 22.6. The summed E-state index contributed by atoms with van der Waals surface area (Å²) >= 11 is 6.07. The van der Waals surface area contributed by atoms with Gasteiger partial charge in [-0.15, -0.1) is 11.6 Å². The number of esters is 1. The van der Waals surface area contributed by atoms with Crippen molar-refractivity contribution in [2.45, 2.75) is 62.6 Å². The minimum Gasteiger partial charge on any atom is -0.467 e. The summed E-state index contributed by atoms with van der Waals surface area (Å²) in [7, 11) is 1.34. The summed E-state index contributed by atoms with van der Waals surface area (Å²) in [5.41, 5.74) is 4.11. The van der Waals surface area contributed by atoms with Crippen LogP contribution < -0.4 is 5.32 Å². The minimum absolute atomic E-state index is 0.0374. The Kier molecular flexibility index (Phi) is 6.19. The van der Waals surface area contributed by atoms with Crippen LogP contribution in [0, 0.1) is 17.8 Å². The van der Waals surface area contributed by atoms with E-state index in [2.05, 4.69) is 10.3 Å². The highest BCUT2D eigenvalue weighted by molar-refractivity contribution is 6.27. The molecule has 4 bridgehead atoms. The molecule has 1 aliphatic heterocycles. The molecule has 2 aromatic carbocycles. The first-order valence-electron chi connectivity index (χ1n) is 14.3. The van der Waals surface area contributed by atoms with Gasteiger partial charge >= 0.3 is 5.97 Å². The molecule has 1 unspecified atom stereocenters. The first-order valence-corrected chi connectivity index (χ1v) is 14.9. The Labute approximate surface area is 238 Å². The van der Waals surface area contributed by atoms with Crippen LogP contribution >= 0.6 is 11.6 Å². The third-order valence-electron chi connectivity index (χ3n) is 9.91. The molecule has 40 heavy (non-hydrogen) atoms. The normalized spacial score (nSPS) is 30.2. The molecule has 3 aromatic rings. The second-order valence-electron chi connectivity index (χ2n) is 12.4. The third kappa shape index (κ3) is 4.12. The van der Waals surface area contributed by atoms with Gasteiger partial charge in [0.15, 0.2) is 0 Å². The molecule has 0 radical (unpaired) electrons. The van der Waals surface area contributed by atoms with Crippen molar-refractivity contribution >= 4 is 40.3 Å². The number of nitrogens with one attached hydrogen (secondary N) is 2. The summed E-state index contributed by atoms with van der Waals surface area (Å²) in [6.45, 7) is 0. The Morgan fingerprint density at radius 1 is 1.00 bits per heavy atom. The van der Waals surface area contributed by atoms with Crippen molar-refractivity contribution in [3.05, 3.63) is 70.9 Å². The Hall–Kier alpha value is -3.32. The summed E-state index contributed by atoms with van der Waals surface area (Å²) < 4.78 is 5.13. The van der Waals surface area contributed by atoms with E-state index in [1.54, 1.807) is 4.90 Å². The molecule has 2 N–H and O–H groups in total. The van der Waals surface area contributed by atoms with Gasteiger partial charge in [-0.1, -0.05) is 30.3 Å². The maximum atomic E-state index is 13.5. The van der Waals surface area contributed by atoms with Crippen LogP contribution in [0.1, 0.15) is 71.7 Å². The van der Waals surface area contributed by atoms with Crippen molar-refractivity contribution in [3.63, 3.8) is 0 Å². The highest BCUT2D eigenvalue weighted by atomic mass is 35.5. The highest BCUT2D eigenvalue weighted by Gasteiger charge is 2.51. The number of para-hydroxylation sites is 1. The molecule has 4 fully saturated rings. The van der Waals surface area contributed by atoms with Gasteiger partial charge in [-0.3, -0.25) is 9.59 Å². The fourth-order valence-corrected chi connectivity index (χ4v) is 8.86. The predicted octanol–water partition coefficient (Wildman–Crippen LogP) is 5.12. The van der Waals surface area contributed by atoms with Crippen LogP contribution in [0.15, 0.2) is 48.5 Å². The number of carbonyl (C=O) groups is 3. The van der Waals surface area contributed by atoms with Gasteiger partial charge in [-0.05, 0) is 85.6 Å². The number of nitrogens with zero attached hydrogens (tertiary/aromatic N) is 1. The molecule has 4 saturated carbocycles. The monoisotopic (exact) mass is 559 g/mol. The number of methoxy groups -OCH3 is 1. The van der Waals surface area contributed by atoms with Crippen molar-refractivity contribution in [1.29, 1.82) is 0 Å². The SMILES string of the molecule is COC(=O)C1Cc2c([nH]c3ccccc23)[C@H](c2ccc(C(=O)NC34CC5CC(CC(C5)C3)C4)cc2)N1C(=O)CCl. The first-order chi connectivity index (χ1) is 19.4. The summed E-state index contributed by atoms with van der Waals surface area (Å²) in [6, 6.07) is 14.0. The molecule has 0 spiro atoms. The van der Waals surface area contributed by atoms with Gasteiger partial charge in [0, 0.05) is 34.1 Å². The standard InChI is InChI=1S/C32H34ClN3O4/c1-40-31(39)26-13-24-23-4-2-3-5-25(23)34-28(24)29(36(26)27(37)17-33)21-6-8-22(9-7-21)30(38)35-32-14-18-10-19(15-32)12-20(11-18)16-32/h2-9,18-20,26,29,34H,10-17H2,1H3,(H,35,38)/t18?,19?,20?,26?,29-,32?/m0/s1. The molecule has 7 nitrogen and oxygen atoms in total. The van der Waals surface area contributed by atoms with Crippen LogP contribution in [0.2, 0.25) is 0 Å². The van der Waals surface area contributed by atoms with Crippen LogP contribution in [0.25, 0.3) is 10.9 Å². The van der Waals surface area contributed by atoms with E-state index < -0.39 is 18.1 Å². The first kappa shape index (κ1) is 25.6. The fourth-order valence-electron chi connectivity index (χ4n) is 8.73. The van der Waals surface area contributed by atoms with Crippen LogP contribution in [-0.4, -0.2) is 52.2 Å². The second kappa shape index (κ2) is 9.65. The Morgan fingerprint density at radius 3 is 2.27 bits per heavy atom. The Morgan fingerprint density at radius 2 is 1.65 bits per heavy atom. The van der Waals surface area contributed by atoms with Crippen molar-refractivity contribution in [2.24, 2.45) is 17.8 Å². The average Bonchev–Trinajstić information content (AvgIpc) is 3.33. The topological polar surface area (TPSA) is 91.5 Å². The smallest absolute Gasteiger partial charge is 0.328 e. The summed E-state index contributed by atoms with van der Waals surface area (Å²) in [5, 5.41) is 4.47. The number of benzene rings is 2. The summed E-state index contributed by atoms with van der Waals surface area (Å²) in [4.78, 5) is 44.7. The number of alkyl halides is 1. The molecule has 2 amide bonds. The molecule has 5 aliphatic rings. The minimum atomic E-state index is -0.813. The quantitative estimate of drug-likeness (QED) is 0.335. The van der Waals surface area contributed by atoms with Gasteiger partial charge in [0.2, 0.25) is 5.91 Å². The van der Waals surface area contributed by atoms with Crippen molar-refractivity contribution in [3.8, 4) is 0 Å². The second-order valence-corrected chi connectivity index (χ2v) is 12.7. The maximum absolute atomic E-state index is 13.5. The van der Waals surface area contributed by atoms with Crippen molar-refractivity contribution < 1.29 is 19.1 Å². The number of carbonyl (C=O) groups excluding carboxylic acids is 3. The molecular weight excluding hydrogens is 526 g/mol. The Bertz CT molecular complexity index is 1460. The van der Waals surface area contributed by atoms with Crippen LogP contribution in [-0.2, 0) is 20.7 Å². The van der Waals surface area contributed by atoms with Crippen molar-refractivity contribution in [2.75, 3.05) is 13.0 Å². The highest BCUT2D eigenvalue weighted by Crippen LogP contribution is 2.55. The molecular formula is C32H34ClN3O4. The van der Waals surface area contributed by atoms with E-state index in [-0.39, 0.29) is 23.2 Å². The van der Waals surface area contributed by atoms with Gasteiger partial charge in [0.25, 0.3) is 5.91 Å². The largest absolute Gasteiger partial charge is 0.467 e. The van der Waals surface area contributed by atoms with Crippen LogP contribution in [0.3, 0.4) is 0 Å². The Balaban J connectivity index is 1.23. The maximum Gasteiger partial charge on any atom is 0.328 e. The van der Waals surface area contributed by atoms with E-state index in [4.69, 9.17) is 16.3 Å². The number of fused-ring (bicyclic) bond motifs is 3. The average molecular weight is 560 g/mol. The third-order valence-corrected chi connectivity index (χ3v) is 10.1. The predicted molar refractivity (Wildman–Crippen MR) is 152 cm³/mol. The van der Waals surface area contributed by atoms with Gasteiger partial charge in [-0.2, -0.15) is 0 Å². The van der Waals surface area contributed by atoms with Crippen molar-refractivity contribution in [1.82, 2.24) is 15.2 Å². The summed E-state index contributed by atoms with van der Waals surface area (Å²) in [5.74, 6) is 1.12. The number of halogens is 1. The lowest BCUT2D eigenvalue weighted by Gasteiger charge is -2.56. The van der Waals surface area contributed by atoms with Gasteiger partial charge in [-0.25, -0.2) is 4.79 Å². The molecule has 208 valence electrons. The van der Waals surface area contributed by atoms with Crippen LogP contribution in [0.4, 0.5) is 0 Å². The number of aromatic amines is 1. The molecule has 8 heteroatoms. The lowest BCUT2D eigenvalue weighted by molar-refractivity contribution is -0.154. The van der Waals surface area contributed by atoms with E-state index in [0.29, 0.717) is 12.0 Å². The van der Waals surface area contributed by atoms with E-state index in [9.17, 15) is 14.4 Å². The van der Waals surface area contributed by atoms with Gasteiger partial charge in [0.1, 0.15) is 11.9 Å². The number of hydrogen-bond acceptors (Lipinski definition) is 4. The lowest BCUT2D eigenvalue weighted by atomic mass is 9.53. The van der Waals surface area contributed by atoms with E-state index in [1.165, 1.54) is 26.4 Å². The van der Waals surface area contributed by atoms with E-state index in [1.807, 2.05) is 48.5 Å². The molecule has 1 aromatic heterocycles. The number of amides is 2. The number of rotatable bonds is 5. The molecule has 0 saturated heterocycles. The number of hydrogen-bond donors (Lipinski definition) is 2. The molecule has 4 aliphatic carbocycles. The summed E-state index contributed by atoms with van der Waals surface area (Å²) in [6.07, 6.45) is 7.59.